The summed E-state index contributed by atoms with van der Waals surface area (Å²) in [7, 11) is -3.44. The summed E-state index contributed by atoms with van der Waals surface area (Å²) in [5.74, 6) is 0. The largest absolute Gasteiger partial charge is 0.371 e. The molecular weight excluding hydrogens is 324 g/mol. The van der Waals surface area contributed by atoms with Crippen molar-refractivity contribution >= 4 is 21.8 Å². The summed E-state index contributed by atoms with van der Waals surface area (Å²) in [5.41, 5.74) is 0.949. The molecule has 0 bridgehead atoms. The molecule has 7 heteroatoms. The summed E-state index contributed by atoms with van der Waals surface area (Å²) in [4.78, 5) is 0. The molecule has 1 aromatic rings. The van der Waals surface area contributed by atoms with Gasteiger partial charge in [-0.05, 0) is 30.5 Å². The van der Waals surface area contributed by atoms with Gasteiger partial charge >= 0.3 is 0 Å². The Hall–Kier alpha value is -0.660. The summed E-state index contributed by atoms with van der Waals surface area (Å²) in [6, 6.07) is 7.44. The predicted octanol–water partition coefficient (Wildman–Crippen LogP) is 2.49. The van der Waals surface area contributed by atoms with Crippen molar-refractivity contribution in [3.8, 4) is 0 Å². The molecule has 1 saturated heterocycles. The van der Waals surface area contributed by atoms with E-state index in [4.69, 9.17) is 16.3 Å². The lowest BCUT2D eigenvalue weighted by atomic mass is 10.1. The van der Waals surface area contributed by atoms with Gasteiger partial charge in [0.25, 0.3) is 10.2 Å². The predicted molar refractivity (Wildman–Crippen MR) is 86.0 cm³/mol. The Labute approximate surface area is 136 Å². The van der Waals surface area contributed by atoms with Gasteiger partial charge in [0, 0.05) is 24.2 Å². The molecule has 122 valence electrons. The fraction of sp³-hybridized carbons (Fsp3) is 0.600. The fourth-order valence-electron chi connectivity index (χ4n) is 3.05. The molecule has 1 saturated carbocycles. The third-order valence-electron chi connectivity index (χ3n) is 4.28. The molecule has 1 N–H and O–H groups in total. The zero-order chi connectivity index (χ0) is 15.6. The summed E-state index contributed by atoms with van der Waals surface area (Å²) in [6.07, 6.45) is 3.83. The number of nitrogens with zero attached hydrogens (tertiary/aromatic N) is 1. The summed E-state index contributed by atoms with van der Waals surface area (Å²) in [5, 5.41) is 0.659. The van der Waals surface area contributed by atoms with Crippen LogP contribution in [0.4, 0.5) is 0 Å². The van der Waals surface area contributed by atoms with Gasteiger partial charge in [-0.1, -0.05) is 36.6 Å². The molecule has 5 nitrogen and oxygen atoms in total. The molecule has 1 aliphatic carbocycles. The first kappa shape index (κ1) is 16.2. The molecule has 22 heavy (non-hydrogen) atoms. The number of ether oxygens (including phenoxy) is 1. The number of hydrogen-bond donors (Lipinski definition) is 1. The fourth-order valence-corrected chi connectivity index (χ4v) is 4.63. The van der Waals surface area contributed by atoms with E-state index >= 15 is 0 Å². The van der Waals surface area contributed by atoms with E-state index in [9.17, 15) is 8.42 Å². The molecule has 1 aromatic carbocycles. The number of halogens is 1. The van der Waals surface area contributed by atoms with E-state index < -0.39 is 10.2 Å². The normalized spacial score (nSPS) is 24.7. The molecule has 1 unspecified atom stereocenters. The van der Waals surface area contributed by atoms with Crippen molar-refractivity contribution in [3.63, 3.8) is 0 Å². The topological polar surface area (TPSA) is 58.6 Å². The first-order chi connectivity index (χ1) is 10.5. The molecule has 0 aromatic heterocycles. The van der Waals surface area contributed by atoms with Gasteiger partial charge in [0.15, 0.2) is 0 Å². The standard InChI is InChI=1S/C15H21ClN2O3S/c16-13-7-5-12(6-8-13)15-11-18(9-10-21-15)22(19,20)17-14-3-1-2-4-14/h5-8,14-15,17H,1-4,9-11H2. The van der Waals surface area contributed by atoms with Crippen LogP contribution >= 0.6 is 11.6 Å². The zero-order valence-corrected chi connectivity index (χ0v) is 13.9. The molecular formula is C15H21ClN2O3S. The van der Waals surface area contributed by atoms with Crippen LogP contribution < -0.4 is 4.72 Å². The minimum atomic E-state index is -3.44. The maximum atomic E-state index is 12.5. The highest BCUT2D eigenvalue weighted by Gasteiger charge is 2.32. The van der Waals surface area contributed by atoms with E-state index in [1.165, 1.54) is 4.31 Å². The highest BCUT2D eigenvalue weighted by Crippen LogP contribution is 2.26. The Morgan fingerprint density at radius 3 is 2.55 bits per heavy atom. The molecule has 1 atom stereocenters. The summed E-state index contributed by atoms with van der Waals surface area (Å²) < 4.78 is 35.1. The van der Waals surface area contributed by atoms with Crippen molar-refractivity contribution in [3.05, 3.63) is 34.9 Å². The van der Waals surface area contributed by atoms with E-state index in [1.54, 1.807) is 12.1 Å². The third kappa shape index (κ3) is 3.81. The number of morpholine rings is 1. The van der Waals surface area contributed by atoms with Crippen LogP contribution in [0.5, 0.6) is 0 Å². The van der Waals surface area contributed by atoms with Crippen LogP contribution in [0.15, 0.2) is 24.3 Å². The highest BCUT2D eigenvalue weighted by atomic mass is 35.5. The van der Waals surface area contributed by atoms with Crippen molar-refractivity contribution in [2.24, 2.45) is 0 Å². The third-order valence-corrected chi connectivity index (χ3v) is 6.18. The van der Waals surface area contributed by atoms with Crippen molar-refractivity contribution in [1.29, 1.82) is 0 Å². The molecule has 0 amide bonds. The lowest BCUT2D eigenvalue weighted by molar-refractivity contribution is -0.00301. The Bertz CT molecular complexity index is 600. The van der Waals surface area contributed by atoms with Gasteiger partial charge in [0.1, 0.15) is 0 Å². The molecule has 1 heterocycles. The van der Waals surface area contributed by atoms with Crippen molar-refractivity contribution < 1.29 is 13.2 Å². The second kappa shape index (κ2) is 6.84. The van der Waals surface area contributed by atoms with E-state index in [0.717, 1.165) is 31.2 Å². The first-order valence-corrected chi connectivity index (χ1v) is 9.51. The highest BCUT2D eigenvalue weighted by molar-refractivity contribution is 7.87. The van der Waals surface area contributed by atoms with Gasteiger partial charge in [0.2, 0.25) is 0 Å². The van der Waals surface area contributed by atoms with E-state index in [1.807, 2.05) is 12.1 Å². The van der Waals surface area contributed by atoms with Crippen LogP contribution in [0.25, 0.3) is 0 Å². The first-order valence-electron chi connectivity index (χ1n) is 7.69. The quantitative estimate of drug-likeness (QED) is 0.913. The minimum absolute atomic E-state index is 0.0850. The number of benzene rings is 1. The summed E-state index contributed by atoms with van der Waals surface area (Å²) >= 11 is 5.89. The maximum Gasteiger partial charge on any atom is 0.279 e. The lowest BCUT2D eigenvalue weighted by Crippen LogP contribution is -2.49. The number of rotatable bonds is 4. The number of nitrogens with one attached hydrogen (secondary N) is 1. The smallest absolute Gasteiger partial charge is 0.279 e. The summed E-state index contributed by atoms with van der Waals surface area (Å²) in [6.45, 7) is 1.13. The van der Waals surface area contributed by atoms with Crippen molar-refractivity contribution in [2.45, 2.75) is 37.8 Å². The van der Waals surface area contributed by atoms with Crippen molar-refractivity contribution in [1.82, 2.24) is 9.03 Å². The second-order valence-electron chi connectivity index (χ2n) is 5.87. The van der Waals surface area contributed by atoms with E-state index in [0.29, 0.717) is 24.7 Å². The lowest BCUT2D eigenvalue weighted by Gasteiger charge is -2.33. The van der Waals surface area contributed by atoms with Gasteiger partial charge in [-0.3, -0.25) is 0 Å². The molecule has 1 aliphatic heterocycles. The van der Waals surface area contributed by atoms with Crippen LogP contribution in [0, 0.1) is 0 Å². The molecule has 2 aliphatic rings. The average molecular weight is 345 g/mol. The van der Waals surface area contributed by atoms with E-state index in [2.05, 4.69) is 4.72 Å². The van der Waals surface area contributed by atoms with E-state index in [-0.39, 0.29) is 12.1 Å². The second-order valence-corrected chi connectivity index (χ2v) is 8.01. The Morgan fingerprint density at radius 2 is 1.86 bits per heavy atom. The molecule has 3 rings (SSSR count). The van der Waals surface area contributed by atoms with Gasteiger partial charge in [-0.25, -0.2) is 0 Å². The zero-order valence-electron chi connectivity index (χ0n) is 12.4. The van der Waals surface area contributed by atoms with Crippen LogP contribution in [0.3, 0.4) is 0 Å². The van der Waals surface area contributed by atoms with Crippen LogP contribution in [0.1, 0.15) is 37.4 Å². The SMILES string of the molecule is O=S(=O)(NC1CCCC1)N1CCOC(c2ccc(Cl)cc2)C1. The minimum Gasteiger partial charge on any atom is -0.371 e. The van der Waals surface area contributed by atoms with Gasteiger partial charge in [0.05, 0.1) is 12.7 Å². The molecule has 2 fully saturated rings. The van der Waals surface area contributed by atoms with Crippen LogP contribution in [0.2, 0.25) is 5.02 Å². The van der Waals surface area contributed by atoms with Crippen LogP contribution in [-0.4, -0.2) is 38.5 Å². The maximum absolute atomic E-state index is 12.5. The Balaban J connectivity index is 1.67. The monoisotopic (exact) mass is 344 g/mol. The molecule has 0 radical (unpaired) electrons. The van der Waals surface area contributed by atoms with Gasteiger partial charge in [-0.15, -0.1) is 0 Å². The van der Waals surface area contributed by atoms with Gasteiger partial charge < -0.3 is 4.74 Å². The number of hydrogen-bond acceptors (Lipinski definition) is 3. The Kier molecular flexibility index (Phi) is 5.04. The Morgan fingerprint density at radius 1 is 1.18 bits per heavy atom. The average Bonchev–Trinajstić information content (AvgIpc) is 3.00. The van der Waals surface area contributed by atoms with Gasteiger partial charge in [-0.2, -0.15) is 17.4 Å². The van der Waals surface area contributed by atoms with Crippen LogP contribution in [-0.2, 0) is 14.9 Å². The molecule has 0 spiro atoms. The van der Waals surface area contributed by atoms with Crippen molar-refractivity contribution in [2.75, 3.05) is 19.7 Å².